The smallest absolute Gasteiger partial charge is 0.298 e. The number of rotatable bonds is 3. The number of hydrogen-bond donors (Lipinski definition) is 0. The van der Waals surface area contributed by atoms with Gasteiger partial charge in [-0.05, 0) is 47.7 Å². The van der Waals surface area contributed by atoms with E-state index < -0.39 is 0 Å². The minimum absolute atomic E-state index is 0.287. The van der Waals surface area contributed by atoms with Gasteiger partial charge in [0.15, 0.2) is 0 Å². The van der Waals surface area contributed by atoms with E-state index in [2.05, 4.69) is 0 Å². The number of benzene rings is 2. The first-order valence-corrected chi connectivity index (χ1v) is 7.48. The van der Waals surface area contributed by atoms with Gasteiger partial charge in [0.25, 0.3) is 11.1 Å². The van der Waals surface area contributed by atoms with Crippen LogP contribution in [0.1, 0.15) is 5.56 Å². The first-order chi connectivity index (χ1) is 10.7. The van der Waals surface area contributed by atoms with Gasteiger partial charge in [0.2, 0.25) is 0 Å². The molecule has 0 bridgehead atoms. The van der Waals surface area contributed by atoms with Crippen molar-refractivity contribution >= 4 is 34.7 Å². The molecule has 4 nitrogen and oxygen atoms in total. The maximum Gasteiger partial charge on any atom is 0.298 e. The summed E-state index contributed by atoms with van der Waals surface area (Å²) in [5, 5.41) is -0.287. The highest BCUT2D eigenvalue weighted by atomic mass is 32.2. The molecule has 5 heteroatoms. The van der Waals surface area contributed by atoms with Gasteiger partial charge in [-0.25, -0.2) is 4.90 Å². The number of methoxy groups -OCH3 is 1. The molecule has 22 heavy (non-hydrogen) atoms. The highest BCUT2D eigenvalue weighted by molar-refractivity contribution is 8.19. The molecule has 110 valence electrons. The fraction of sp³-hybridized carbons (Fsp3) is 0.0588. The van der Waals surface area contributed by atoms with Crippen molar-refractivity contribution in [3.8, 4) is 5.75 Å². The number of amides is 2. The maximum absolute atomic E-state index is 12.5. The van der Waals surface area contributed by atoms with E-state index in [1.807, 2.05) is 30.3 Å². The number of carbonyl (C=O) groups is 2. The molecule has 1 heterocycles. The lowest BCUT2D eigenvalue weighted by molar-refractivity contribution is -0.113. The van der Waals surface area contributed by atoms with Gasteiger partial charge in [0.1, 0.15) is 5.75 Å². The molecule has 2 aromatic carbocycles. The number of para-hydroxylation sites is 1. The van der Waals surface area contributed by atoms with Crippen LogP contribution in [0, 0.1) is 0 Å². The summed E-state index contributed by atoms with van der Waals surface area (Å²) in [5.41, 5.74) is 1.40. The van der Waals surface area contributed by atoms with Crippen LogP contribution in [0.5, 0.6) is 5.75 Å². The Morgan fingerprint density at radius 3 is 2.55 bits per heavy atom. The molecule has 0 spiro atoms. The average molecular weight is 311 g/mol. The van der Waals surface area contributed by atoms with Crippen LogP contribution in [0.25, 0.3) is 6.08 Å². The van der Waals surface area contributed by atoms with E-state index in [1.54, 1.807) is 37.5 Å². The quantitative estimate of drug-likeness (QED) is 0.806. The van der Waals surface area contributed by atoms with Crippen LogP contribution in [0.4, 0.5) is 10.5 Å². The predicted octanol–water partition coefficient (Wildman–Crippen LogP) is 3.94. The summed E-state index contributed by atoms with van der Waals surface area (Å²) in [4.78, 5) is 26.2. The van der Waals surface area contributed by atoms with Crippen molar-refractivity contribution in [1.29, 1.82) is 0 Å². The molecule has 0 aromatic heterocycles. The monoisotopic (exact) mass is 311 g/mol. The SMILES string of the molecule is COc1cccc(C=C2SC(=O)N(c3ccccc3)C2=O)c1. The average Bonchev–Trinajstić information content (AvgIpc) is 2.82. The second kappa shape index (κ2) is 6.07. The van der Waals surface area contributed by atoms with Crippen molar-refractivity contribution < 1.29 is 14.3 Å². The van der Waals surface area contributed by atoms with Crippen LogP contribution in [0.2, 0.25) is 0 Å². The summed E-state index contributed by atoms with van der Waals surface area (Å²) in [6, 6.07) is 16.3. The third-order valence-corrected chi connectivity index (χ3v) is 4.07. The lowest BCUT2D eigenvalue weighted by Crippen LogP contribution is -2.27. The number of carbonyl (C=O) groups excluding carboxylic acids is 2. The molecule has 0 aliphatic carbocycles. The van der Waals surface area contributed by atoms with E-state index in [0.717, 1.165) is 17.3 Å². The van der Waals surface area contributed by atoms with E-state index in [9.17, 15) is 9.59 Å². The van der Waals surface area contributed by atoms with Crippen molar-refractivity contribution in [3.63, 3.8) is 0 Å². The Labute approximate surface area is 132 Å². The Morgan fingerprint density at radius 2 is 1.82 bits per heavy atom. The van der Waals surface area contributed by atoms with Gasteiger partial charge < -0.3 is 4.74 Å². The molecule has 0 radical (unpaired) electrons. The second-order valence-corrected chi connectivity index (χ2v) is 5.62. The second-order valence-electron chi connectivity index (χ2n) is 4.63. The molecule has 2 amide bonds. The van der Waals surface area contributed by atoms with Crippen LogP contribution < -0.4 is 9.64 Å². The van der Waals surface area contributed by atoms with Gasteiger partial charge in [0, 0.05) is 0 Å². The van der Waals surface area contributed by atoms with Crippen molar-refractivity contribution in [2.45, 2.75) is 0 Å². The largest absolute Gasteiger partial charge is 0.497 e. The fourth-order valence-corrected chi connectivity index (χ4v) is 2.99. The van der Waals surface area contributed by atoms with Crippen molar-refractivity contribution in [3.05, 3.63) is 65.1 Å². The number of hydrogen-bond acceptors (Lipinski definition) is 4. The Morgan fingerprint density at radius 1 is 1.05 bits per heavy atom. The number of imide groups is 1. The number of thioether (sulfide) groups is 1. The Kier molecular flexibility index (Phi) is 3.98. The highest BCUT2D eigenvalue weighted by Crippen LogP contribution is 2.35. The topological polar surface area (TPSA) is 46.6 Å². The maximum atomic E-state index is 12.5. The Balaban J connectivity index is 1.92. The summed E-state index contributed by atoms with van der Waals surface area (Å²) >= 11 is 0.943. The van der Waals surface area contributed by atoms with Crippen molar-refractivity contribution in [2.24, 2.45) is 0 Å². The molecule has 2 aromatic rings. The number of anilines is 1. The minimum Gasteiger partial charge on any atom is -0.497 e. The summed E-state index contributed by atoms with van der Waals surface area (Å²) in [6.45, 7) is 0. The zero-order chi connectivity index (χ0) is 15.5. The standard InChI is InChI=1S/C17H13NO3S/c1-21-14-9-5-6-12(10-14)11-15-16(19)18(17(20)22-15)13-7-3-2-4-8-13/h2-11H,1H3. The van der Waals surface area contributed by atoms with Crippen LogP contribution in [-0.2, 0) is 4.79 Å². The van der Waals surface area contributed by atoms with Crippen LogP contribution in [-0.4, -0.2) is 18.3 Å². The molecule has 1 aliphatic rings. The van der Waals surface area contributed by atoms with E-state index >= 15 is 0 Å². The van der Waals surface area contributed by atoms with Gasteiger partial charge in [-0.2, -0.15) is 0 Å². The van der Waals surface area contributed by atoms with E-state index in [4.69, 9.17) is 4.74 Å². The zero-order valence-electron chi connectivity index (χ0n) is 11.9. The molecule has 0 saturated carbocycles. The zero-order valence-corrected chi connectivity index (χ0v) is 12.7. The molecule has 3 rings (SSSR count). The lowest BCUT2D eigenvalue weighted by Gasteiger charge is -2.11. The van der Waals surface area contributed by atoms with E-state index in [0.29, 0.717) is 16.3 Å². The summed E-state index contributed by atoms with van der Waals surface area (Å²) < 4.78 is 5.16. The predicted molar refractivity (Wildman–Crippen MR) is 87.9 cm³/mol. The van der Waals surface area contributed by atoms with Crippen LogP contribution in [0.3, 0.4) is 0 Å². The van der Waals surface area contributed by atoms with Gasteiger partial charge in [-0.15, -0.1) is 0 Å². The lowest BCUT2D eigenvalue weighted by atomic mass is 10.2. The van der Waals surface area contributed by atoms with Crippen molar-refractivity contribution in [1.82, 2.24) is 0 Å². The normalized spacial score (nSPS) is 16.4. The molecule has 0 atom stereocenters. The Bertz CT molecular complexity index is 756. The molecule has 1 saturated heterocycles. The van der Waals surface area contributed by atoms with Gasteiger partial charge in [-0.1, -0.05) is 30.3 Å². The summed E-state index contributed by atoms with van der Waals surface area (Å²) in [6.07, 6.45) is 1.70. The minimum atomic E-state index is -0.302. The molecule has 0 unspecified atom stereocenters. The van der Waals surface area contributed by atoms with E-state index in [-0.39, 0.29) is 11.1 Å². The van der Waals surface area contributed by atoms with Gasteiger partial charge in [-0.3, -0.25) is 9.59 Å². The van der Waals surface area contributed by atoms with Gasteiger partial charge >= 0.3 is 0 Å². The van der Waals surface area contributed by atoms with Crippen molar-refractivity contribution in [2.75, 3.05) is 12.0 Å². The molecule has 1 fully saturated rings. The van der Waals surface area contributed by atoms with Crippen LogP contribution >= 0.6 is 11.8 Å². The van der Waals surface area contributed by atoms with Crippen LogP contribution in [0.15, 0.2) is 59.5 Å². The number of ether oxygens (including phenoxy) is 1. The summed E-state index contributed by atoms with van der Waals surface area (Å²) in [5.74, 6) is 0.403. The Hall–Kier alpha value is -2.53. The first-order valence-electron chi connectivity index (χ1n) is 6.66. The third-order valence-electron chi connectivity index (χ3n) is 3.20. The molecular weight excluding hydrogens is 298 g/mol. The number of nitrogens with zero attached hydrogens (tertiary/aromatic N) is 1. The van der Waals surface area contributed by atoms with E-state index in [1.165, 1.54) is 4.90 Å². The fourth-order valence-electron chi connectivity index (χ4n) is 2.15. The molecular formula is C17H13NO3S. The highest BCUT2D eigenvalue weighted by Gasteiger charge is 2.36. The summed E-state index contributed by atoms with van der Waals surface area (Å²) in [7, 11) is 1.59. The molecule has 1 aliphatic heterocycles. The van der Waals surface area contributed by atoms with Gasteiger partial charge in [0.05, 0.1) is 17.7 Å². The third kappa shape index (κ3) is 2.76. The molecule has 0 N–H and O–H groups in total. The first kappa shape index (κ1) is 14.4.